The van der Waals surface area contributed by atoms with Crippen LogP contribution in [0.15, 0.2) is 64.9 Å². The number of amidine groups is 1. The van der Waals surface area contributed by atoms with Gasteiger partial charge in [0.15, 0.2) is 16.7 Å². The van der Waals surface area contributed by atoms with Crippen molar-refractivity contribution in [3.8, 4) is 11.5 Å². The molecule has 1 amide bonds. The zero-order chi connectivity index (χ0) is 30.8. The highest BCUT2D eigenvalue weighted by Crippen LogP contribution is 2.39. The van der Waals surface area contributed by atoms with Crippen molar-refractivity contribution in [2.45, 2.75) is 19.0 Å². The molecule has 15 heteroatoms. The van der Waals surface area contributed by atoms with Crippen molar-refractivity contribution in [2.75, 3.05) is 38.2 Å². The molecule has 43 heavy (non-hydrogen) atoms. The molecule has 1 saturated heterocycles. The lowest BCUT2D eigenvalue weighted by Crippen LogP contribution is -2.48. The molecule has 8 nitrogen and oxygen atoms in total. The van der Waals surface area contributed by atoms with Gasteiger partial charge in [-0.1, -0.05) is 12.1 Å². The standard InChI is InChI=1S/C28H23F6N5O3S/c1-41-22-12-17(2-5-21(22)42-16-18-3-4-19(27(29,30)31)14-20(18)28(32,33)34)13-23-25(40)37-26(43-23)39-10-8-38(9-11-39)24-15-35-6-7-36-24/h2-7,12-15H,8-11,16H2,1H3/b23-13-. The lowest BCUT2D eigenvalue weighted by atomic mass is 10.0. The molecule has 3 heterocycles. The SMILES string of the molecule is COc1cc(/C=C2\SC(N3CCN(c4cnccn4)CC3)=NC2=O)ccc1OCc1ccc(C(F)(F)F)cc1C(F)(F)F. The largest absolute Gasteiger partial charge is 0.493 e. The van der Waals surface area contributed by atoms with Crippen LogP contribution in [0.25, 0.3) is 6.08 Å². The number of benzene rings is 2. The molecule has 2 aromatic carbocycles. The number of methoxy groups -OCH3 is 1. The van der Waals surface area contributed by atoms with Crippen LogP contribution in [0.1, 0.15) is 22.3 Å². The molecule has 3 aromatic rings. The number of halogens is 6. The average Bonchev–Trinajstić information content (AvgIpc) is 3.35. The Kier molecular flexibility index (Phi) is 8.53. The third-order valence-electron chi connectivity index (χ3n) is 6.64. The van der Waals surface area contributed by atoms with E-state index in [-0.39, 0.29) is 17.6 Å². The third kappa shape index (κ3) is 7.04. The first-order chi connectivity index (χ1) is 20.4. The van der Waals surface area contributed by atoms with Gasteiger partial charge in [-0.25, -0.2) is 4.98 Å². The molecular weight excluding hydrogens is 600 g/mol. The van der Waals surface area contributed by atoms with Gasteiger partial charge in [0.05, 0.1) is 29.3 Å². The summed E-state index contributed by atoms with van der Waals surface area (Å²) in [6.07, 6.45) is -3.40. The van der Waals surface area contributed by atoms with Crippen LogP contribution in [0.3, 0.4) is 0 Å². The number of carbonyl (C=O) groups is 1. The first-order valence-electron chi connectivity index (χ1n) is 12.8. The lowest BCUT2D eigenvalue weighted by molar-refractivity contribution is -0.143. The van der Waals surface area contributed by atoms with Crippen molar-refractivity contribution in [1.29, 1.82) is 0 Å². The summed E-state index contributed by atoms with van der Waals surface area (Å²) in [4.78, 5) is 29.7. The number of aromatic nitrogens is 2. The minimum absolute atomic E-state index is 0.0652. The molecule has 0 spiro atoms. The Morgan fingerprint density at radius 2 is 1.67 bits per heavy atom. The van der Waals surface area contributed by atoms with E-state index in [2.05, 4.69) is 19.9 Å². The Labute approximate surface area is 246 Å². The van der Waals surface area contributed by atoms with E-state index in [0.717, 1.165) is 11.9 Å². The van der Waals surface area contributed by atoms with E-state index in [4.69, 9.17) is 9.47 Å². The Balaban J connectivity index is 1.25. The number of anilines is 1. The second-order valence-corrected chi connectivity index (χ2v) is 10.4. The zero-order valence-electron chi connectivity index (χ0n) is 22.4. The number of amides is 1. The predicted molar refractivity (Wildman–Crippen MR) is 148 cm³/mol. The number of piperazine rings is 1. The van der Waals surface area contributed by atoms with Crippen molar-refractivity contribution < 1.29 is 40.6 Å². The summed E-state index contributed by atoms with van der Waals surface area (Å²) < 4.78 is 90.3. The van der Waals surface area contributed by atoms with Gasteiger partial charge < -0.3 is 19.3 Å². The molecule has 2 aliphatic rings. The van der Waals surface area contributed by atoms with Gasteiger partial charge in [-0.05, 0) is 47.7 Å². The van der Waals surface area contributed by atoms with Crippen molar-refractivity contribution in [3.05, 3.63) is 82.1 Å². The second-order valence-electron chi connectivity index (χ2n) is 9.41. The van der Waals surface area contributed by atoms with Crippen molar-refractivity contribution in [2.24, 2.45) is 4.99 Å². The first-order valence-corrected chi connectivity index (χ1v) is 13.6. The van der Waals surface area contributed by atoms with E-state index in [9.17, 15) is 31.1 Å². The summed E-state index contributed by atoms with van der Waals surface area (Å²) in [5, 5.41) is 0.582. The van der Waals surface area contributed by atoms with Gasteiger partial charge in [-0.2, -0.15) is 31.3 Å². The van der Waals surface area contributed by atoms with Gasteiger partial charge in [-0.3, -0.25) is 9.78 Å². The summed E-state index contributed by atoms with van der Waals surface area (Å²) in [7, 11) is 1.33. The zero-order valence-corrected chi connectivity index (χ0v) is 23.3. The molecule has 0 N–H and O–H groups in total. The van der Waals surface area contributed by atoms with Gasteiger partial charge in [0.2, 0.25) is 0 Å². The maximum Gasteiger partial charge on any atom is 0.416 e. The minimum atomic E-state index is -5.02. The molecule has 5 rings (SSSR count). The van der Waals surface area contributed by atoms with Crippen LogP contribution in [0.5, 0.6) is 11.5 Å². The molecule has 2 aliphatic heterocycles. The lowest BCUT2D eigenvalue weighted by Gasteiger charge is -2.35. The van der Waals surface area contributed by atoms with E-state index < -0.39 is 41.6 Å². The Bertz CT molecular complexity index is 1550. The summed E-state index contributed by atoms with van der Waals surface area (Å²) in [6, 6.07) is 5.94. The molecule has 1 aromatic heterocycles. The van der Waals surface area contributed by atoms with Crippen LogP contribution < -0.4 is 14.4 Å². The minimum Gasteiger partial charge on any atom is -0.493 e. The number of aliphatic imine (C=N–C) groups is 1. The first kappa shape index (κ1) is 30.2. The quantitative estimate of drug-likeness (QED) is 0.248. The number of ether oxygens (including phenoxy) is 2. The highest BCUT2D eigenvalue weighted by Gasteiger charge is 2.38. The number of carbonyl (C=O) groups excluding carboxylic acids is 1. The highest BCUT2D eigenvalue weighted by molar-refractivity contribution is 8.18. The Morgan fingerprint density at radius 3 is 2.33 bits per heavy atom. The number of hydrogen-bond donors (Lipinski definition) is 0. The smallest absolute Gasteiger partial charge is 0.416 e. The van der Waals surface area contributed by atoms with Crippen molar-refractivity contribution >= 4 is 34.7 Å². The summed E-state index contributed by atoms with van der Waals surface area (Å²) in [6.45, 7) is 1.98. The molecule has 0 bridgehead atoms. The molecule has 0 atom stereocenters. The normalized spacial score (nSPS) is 17.0. The van der Waals surface area contributed by atoms with Crippen LogP contribution in [0.4, 0.5) is 32.2 Å². The van der Waals surface area contributed by atoms with Crippen molar-refractivity contribution in [1.82, 2.24) is 14.9 Å². The Hall–Kier alpha value is -4.27. The summed E-state index contributed by atoms with van der Waals surface area (Å²) in [5.74, 6) is 0.603. The van der Waals surface area contributed by atoms with Gasteiger partial charge in [0, 0.05) is 44.1 Å². The van der Waals surface area contributed by atoms with E-state index in [1.807, 2.05) is 4.90 Å². The molecule has 0 unspecified atom stereocenters. The van der Waals surface area contributed by atoms with Gasteiger partial charge in [0.1, 0.15) is 12.4 Å². The predicted octanol–water partition coefficient (Wildman–Crippen LogP) is 5.89. The molecule has 0 radical (unpaired) electrons. The van der Waals surface area contributed by atoms with Crippen LogP contribution in [-0.2, 0) is 23.8 Å². The van der Waals surface area contributed by atoms with E-state index in [0.29, 0.717) is 47.9 Å². The number of rotatable bonds is 6. The average molecular weight is 624 g/mol. The second kappa shape index (κ2) is 12.1. The summed E-state index contributed by atoms with van der Waals surface area (Å²) >= 11 is 1.23. The number of alkyl halides is 6. The van der Waals surface area contributed by atoms with E-state index in [1.54, 1.807) is 30.7 Å². The van der Waals surface area contributed by atoms with E-state index in [1.165, 1.54) is 31.0 Å². The molecule has 226 valence electrons. The van der Waals surface area contributed by atoms with E-state index >= 15 is 0 Å². The fourth-order valence-electron chi connectivity index (χ4n) is 4.46. The number of hydrogen-bond acceptors (Lipinski definition) is 8. The maximum atomic E-state index is 13.5. The number of thioether (sulfide) groups is 1. The molecule has 0 aliphatic carbocycles. The monoisotopic (exact) mass is 623 g/mol. The van der Waals surface area contributed by atoms with Gasteiger partial charge >= 0.3 is 12.4 Å². The fraction of sp³-hybridized carbons (Fsp3) is 0.286. The van der Waals surface area contributed by atoms with Crippen LogP contribution in [0, 0.1) is 0 Å². The van der Waals surface area contributed by atoms with Crippen LogP contribution in [0.2, 0.25) is 0 Å². The highest BCUT2D eigenvalue weighted by atomic mass is 32.2. The topological polar surface area (TPSA) is 80.2 Å². The molecule has 1 fully saturated rings. The molecular formula is C28H23F6N5O3S. The van der Waals surface area contributed by atoms with Crippen LogP contribution >= 0.6 is 11.8 Å². The third-order valence-corrected chi connectivity index (χ3v) is 7.69. The van der Waals surface area contributed by atoms with Crippen LogP contribution in [-0.4, -0.2) is 59.2 Å². The molecule has 0 saturated carbocycles. The number of nitrogens with zero attached hydrogens (tertiary/aromatic N) is 5. The van der Waals surface area contributed by atoms with Gasteiger partial charge in [-0.15, -0.1) is 0 Å². The fourth-order valence-corrected chi connectivity index (χ4v) is 5.42. The maximum absolute atomic E-state index is 13.5. The van der Waals surface area contributed by atoms with Gasteiger partial charge in [0.25, 0.3) is 5.91 Å². The summed E-state index contributed by atoms with van der Waals surface area (Å²) in [5.41, 5.74) is -2.77. The Morgan fingerprint density at radius 1 is 0.930 bits per heavy atom. The van der Waals surface area contributed by atoms with Crippen molar-refractivity contribution in [3.63, 3.8) is 0 Å².